The Kier molecular flexibility index (Phi) is 5.54. The zero-order valence-corrected chi connectivity index (χ0v) is 14.2. The first kappa shape index (κ1) is 17.0. The van der Waals surface area contributed by atoms with Gasteiger partial charge in [0.25, 0.3) is 0 Å². The molecule has 1 aromatic carbocycles. The molecule has 1 unspecified atom stereocenters. The van der Waals surface area contributed by atoms with Crippen LogP contribution in [0.25, 0.3) is 0 Å². The van der Waals surface area contributed by atoms with Gasteiger partial charge in [-0.05, 0) is 42.9 Å². The average molecular weight is 352 g/mol. The van der Waals surface area contributed by atoms with Gasteiger partial charge in [-0.1, -0.05) is 30.1 Å². The molecule has 4 nitrogen and oxygen atoms in total. The van der Waals surface area contributed by atoms with Crippen LogP contribution in [0.4, 0.5) is 0 Å². The molecule has 118 valence electrons. The van der Waals surface area contributed by atoms with E-state index in [0.717, 1.165) is 19.3 Å². The molecule has 0 saturated carbocycles. The number of nitrogens with zero attached hydrogens (tertiary/aromatic N) is 1. The highest BCUT2D eigenvalue weighted by Crippen LogP contribution is 2.32. The largest absolute Gasteiger partial charge is 0.392 e. The molecule has 0 bridgehead atoms. The van der Waals surface area contributed by atoms with Gasteiger partial charge in [-0.2, -0.15) is 4.31 Å². The monoisotopic (exact) mass is 351 g/mol. The molecule has 1 saturated heterocycles. The van der Waals surface area contributed by atoms with E-state index in [1.54, 1.807) is 0 Å². The molecular formula is C14H19Cl2NO3S. The summed E-state index contributed by atoms with van der Waals surface area (Å²) < 4.78 is 27.0. The van der Waals surface area contributed by atoms with Crippen LogP contribution in [0.3, 0.4) is 0 Å². The van der Waals surface area contributed by atoms with Crippen LogP contribution < -0.4 is 0 Å². The second-order valence-corrected chi connectivity index (χ2v) is 8.20. The Morgan fingerprint density at radius 3 is 2.67 bits per heavy atom. The van der Waals surface area contributed by atoms with Gasteiger partial charge in [0.15, 0.2) is 0 Å². The van der Waals surface area contributed by atoms with Crippen LogP contribution >= 0.6 is 23.2 Å². The third-order valence-corrected chi connectivity index (χ3v) is 6.54. The number of benzene rings is 1. The first-order chi connectivity index (χ1) is 9.86. The van der Waals surface area contributed by atoms with E-state index in [0.29, 0.717) is 24.6 Å². The van der Waals surface area contributed by atoms with E-state index in [9.17, 15) is 13.5 Å². The van der Waals surface area contributed by atoms with Crippen molar-refractivity contribution in [2.24, 2.45) is 5.92 Å². The molecule has 7 heteroatoms. The van der Waals surface area contributed by atoms with Crippen LogP contribution in [0, 0.1) is 5.92 Å². The summed E-state index contributed by atoms with van der Waals surface area (Å²) in [6.45, 7) is 2.76. The van der Waals surface area contributed by atoms with E-state index in [-0.39, 0.29) is 21.5 Å². The zero-order chi connectivity index (χ0) is 15.6. The molecular weight excluding hydrogens is 333 g/mol. The Bertz CT molecular complexity index is 619. The number of hydrogen-bond acceptors (Lipinski definition) is 3. The maximum Gasteiger partial charge on any atom is 0.244 e. The Hall–Kier alpha value is -0.330. The minimum atomic E-state index is -3.69. The van der Waals surface area contributed by atoms with Crippen molar-refractivity contribution < 1.29 is 13.5 Å². The number of sulfonamides is 1. The maximum atomic E-state index is 12.8. The van der Waals surface area contributed by atoms with Crippen molar-refractivity contribution in [2.75, 3.05) is 13.1 Å². The smallest absolute Gasteiger partial charge is 0.244 e. The normalized spacial score (nSPS) is 21.2. The molecule has 1 aliphatic heterocycles. The van der Waals surface area contributed by atoms with E-state index in [1.165, 1.54) is 16.4 Å². The summed E-state index contributed by atoms with van der Waals surface area (Å²) in [6, 6.07) is 2.83. The van der Waals surface area contributed by atoms with Crippen molar-refractivity contribution in [2.45, 2.75) is 37.7 Å². The highest BCUT2D eigenvalue weighted by atomic mass is 35.5. The van der Waals surface area contributed by atoms with Crippen LogP contribution in [0.5, 0.6) is 0 Å². The predicted octanol–water partition coefficient (Wildman–Crippen LogP) is 3.30. The van der Waals surface area contributed by atoms with Crippen molar-refractivity contribution in [1.82, 2.24) is 4.31 Å². The van der Waals surface area contributed by atoms with E-state index in [4.69, 9.17) is 23.2 Å². The number of aliphatic hydroxyl groups excluding tert-OH is 1. The Labute approximate surface area is 135 Å². The first-order valence-corrected chi connectivity index (χ1v) is 9.14. The lowest BCUT2D eigenvalue weighted by Gasteiger charge is -2.21. The van der Waals surface area contributed by atoms with E-state index in [2.05, 4.69) is 6.92 Å². The van der Waals surface area contributed by atoms with E-state index in [1.807, 2.05) is 0 Å². The van der Waals surface area contributed by atoms with Crippen LogP contribution in [0.15, 0.2) is 17.0 Å². The molecule has 2 rings (SSSR count). The summed E-state index contributed by atoms with van der Waals surface area (Å²) in [5, 5.41) is 9.58. The summed E-state index contributed by atoms with van der Waals surface area (Å²) >= 11 is 12.1. The summed E-state index contributed by atoms with van der Waals surface area (Å²) in [5.74, 6) is 0.521. The molecule has 1 heterocycles. The minimum Gasteiger partial charge on any atom is -0.392 e. The second kappa shape index (κ2) is 6.84. The summed E-state index contributed by atoms with van der Waals surface area (Å²) in [6.07, 6.45) is 2.70. The van der Waals surface area contributed by atoms with Gasteiger partial charge in [-0.15, -0.1) is 0 Å². The average Bonchev–Trinajstić information content (AvgIpc) is 2.66. The Morgan fingerprint density at radius 1 is 1.29 bits per heavy atom. The molecule has 1 aliphatic rings. The Morgan fingerprint density at radius 2 is 2.00 bits per heavy atom. The molecule has 1 atom stereocenters. The Balaban J connectivity index is 2.42. The van der Waals surface area contributed by atoms with Gasteiger partial charge in [0.05, 0.1) is 11.6 Å². The molecule has 0 aromatic heterocycles. The van der Waals surface area contributed by atoms with Crippen molar-refractivity contribution in [3.63, 3.8) is 0 Å². The fourth-order valence-corrected chi connectivity index (χ4v) is 4.93. The fourth-order valence-electron chi connectivity index (χ4n) is 2.54. The summed E-state index contributed by atoms with van der Waals surface area (Å²) in [7, 11) is -3.69. The van der Waals surface area contributed by atoms with Crippen molar-refractivity contribution in [3.8, 4) is 0 Å². The molecule has 1 N–H and O–H groups in total. The van der Waals surface area contributed by atoms with Gasteiger partial charge in [-0.25, -0.2) is 8.42 Å². The van der Waals surface area contributed by atoms with Gasteiger partial charge in [0, 0.05) is 18.1 Å². The number of halogens is 2. The van der Waals surface area contributed by atoms with E-state index < -0.39 is 10.0 Å². The fraction of sp³-hybridized carbons (Fsp3) is 0.571. The van der Waals surface area contributed by atoms with Gasteiger partial charge in [0.1, 0.15) is 4.90 Å². The molecule has 0 amide bonds. The minimum absolute atomic E-state index is 0.0183. The van der Waals surface area contributed by atoms with Gasteiger partial charge in [-0.3, -0.25) is 0 Å². The van der Waals surface area contributed by atoms with Gasteiger partial charge in [0.2, 0.25) is 10.0 Å². The SMILES string of the molecule is CC1CCCN(S(=O)(=O)c2cc(Cl)cc(CO)c2Cl)CC1. The number of rotatable bonds is 3. The predicted molar refractivity (Wildman–Crippen MR) is 84.2 cm³/mol. The van der Waals surface area contributed by atoms with Crippen molar-refractivity contribution in [3.05, 3.63) is 27.7 Å². The molecule has 0 spiro atoms. The van der Waals surface area contributed by atoms with Crippen LogP contribution in [0.2, 0.25) is 10.0 Å². The second-order valence-electron chi connectivity index (χ2n) is 5.48. The molecule has 1 fully saturated rings. The first-order valence-electron chi connectivity index (χ1n) is 6.95. The summed E-state index contributed by atoms with van der Waals surface area (Å²) in [5.41, 5.74) is 0.325. The lowest BCUT2D eigenvalue weighted by atomic mass is 10.0. The van der Waals surface area contributed by atoms with Crippen LogP contribution in [0.1, 0.15) is 31.7 Å². The lowest BCUT2D eigenvalue weighted by molar-refractivity contribution is 0.281. The highest BCUT2D eigenvalue weighted by Gasteiger charge is 2.29. The van der Waals surface area contributed by atoms with Gasteiger partial charge >= 0.3 is 0 Å². The van der Waals surface area contributed by atoms with E-state index >= 15 is 0 Å². The maximum absolute atomic E-state index is 12.8. The molecule has 1 aromatic rings. The number of hydrogen-bond donors (Lipinski definition) is 1. The molecule has 0 aliphatic carbocycles. The third kappa shape index (κ3) is 3.71. The van der Waals surface area contributed by atoms with Crippen LogP contribution in [-0.4, -0.2) is 30.9 Å². The van der Waals surface area contributed by atoms with Gasteiger partial charge < -0.3 is 5.11 Å². The highest BCUT2D eigenvalue weighted by molar-refractivity contribution is 7.89. The lowest BCUT2D eigenvalue weighted by Crippen LogP contribution is -2.32. The number of aliphatic hydroxyl groups is 1. The topological polar surface area (TPSA) is 57.6 Å². The molecule has 0 radical (unpaired) electrons. The van der Waals surface area contributed by atoms with Crippen molar-refractivity contribution >= 4 is 33.2 Å². The third-order valence-electron chi connectivity index (χ3n) is 3.84. The quantitative estimate of drug-likeness (QED) is 0.908. The zero-order valence-electron chi connectivity index (χ0n) is 11.8. The molecule has 21 heavy (non-hydrogen) atoms. The standard InChI is InChI=1S/C14H19Cl2NO3S/c1-10-3-2-5-17(6-4-10)21(19,20)13-8-12(15)7-11(9-18)14(13)16/h7-8,10,18H,2-6,9H2,1H3. The van der Waals surface area contributed by atoms with Crippen LogP contribution in [-0.2, 0) is 16.6 Å². The summed E-state index contributed by atoms with van der Waals surface area (Å²) in [4.78, 5) is -0.0183. The van der Waals surface area contributed by atoms with Crippen molar-refractivity contribution in [1.29, 1.82) is 0 Å².